The molecule has 1 N–H and O–H groups in total. The third kappa shape index (κ3) is 3.33. The minimum Gasteiger partial charge on any atom is -0.273 e. The van der Waals surface area contributed by atoms with E-state index >= 15 is 0 Å². The minimum atomic E-state index is -0.197. The van der Waals surface area contributed by atoms with Crippen LogP contribution in [0, 0.1) is 6.92 Å². The van der Waals surface area contributed by atoms with Gasteiger partial charge in [0.2, 0.25) is 5.91 Å². The monoisotopic (exact) mass is 387 g/mol. The third-order valence-corrected chi connectivity index (χ3v) is 6.87. The molecule has 0 aromatic carbocycles. The van der Waals surface area contributed by atoms with Crippen molar-refractivity contribution < 1.29 is 4.79 Å². The molecule has 0 spiro atoms. The van der Waals surface area contributed by atoms with Crippen molar-refractivity contribution in [1.82, 2.24) is 9.66 Å². The number of aryl methyl sites for hydroxylation is 3. The highest BCUT2D eigenvalue weighted by Gasteiger charge is 2.20. The Kier molecular flexibility index (Phi) is 4.91. The summed E-state index contributed by atoms with van der Waals surface area (Å²) in [5, 5.41) is 2.64. The molecule has 0 bridgehead atoms. The first-order valence-corrected chi connectivity index (χ1v) is 10.7. The Morgan fingerprint density at radius 3 is 2.85 bits per heavy atom. The number of rotatable bonds is 3. The van der Waals surface area contributed by atoms with E-state index in [4.69, 9.17) is 0 Å². The predicted octanol–water partition coefficient (Wildman–Crippen LogP) is 3.80. The molecule has 136 valence electrons. The maximum absolute atomic E-state index is 13.1. The lowest BCUT2D eigenvalue weighted by molar-refractivity contribution is -0.116. The van der Waals surface area contributed by atoms with Crippen LogP contribution in [0.5, 0.6) is 0 Å². The number of carbonyl (C=O) groups excluding carboxylic acids is 1. The van der Waals surface area contributed by atoms with E-state index in [1.165, 1.54) is 40.2 Å². The largest absolute Gasteiger partial charge is 0.281 e. The van der Waals surface area contributed by atoms with Gasteiger partial charge < -0.3 is 0 Å². The zero-order valence-corrected chi connectivity index (χ0v) is 16.3. The summed E-state index contributed by atoms with van der Waals surface area (Å²) >= 11 is 3.18. The van der Waals surface area contributed by atoms with Crippen molar-refractivity contribution in [3.63, 3.8) is 0 Å². The summed E-state index contributed by atoms with van der Waals surface area (Å²) < 4.78 is 1.32. The molecule has 4 rings (SSSR count). The van der Waals surface area contributed by atoms with Crippen LogP contribution in [0.1, 0.15) is 46.8 Å². The van der Waals surface area contributed by atoms with E-state index in [1.807, 2.05) is 17.5 Å². The van der Waals surface area contributed by atoms with Gasteiger partial charge >= 0.3 is 0 Å². The van der Waals surface area contributed by atoms with Crippen molar-refractivity contribution in [3.05, 3.63) is 49.0 Å². The molecule has 3 aromatic heterocycles. The molecule has 0 fully saturated rings. The van der Waals surface area contributed by atoms with Crippen molar-refractivity contribution >= 4 is 38.8 Å². The Bertz CT molecular complexity index is 1000. The molecule has 1 aliphatic carbocycles. The van der Waals surface area contributed by atoms with E-state index in [0.717, 1.165) is 34.5 Å². The van der Waals surface area contributed by atoms with Crippen LogP contribution in [0.4, 0.5) is 0 Å². The zero-order valence-electron chi connectivity index (χ0n) is 14.7. The number of thiophene rings is 2. The molecular formula is C19H21N3O2S2. The van der Waals surface area contributed by atoms with Crippen LogP contribution in [-0.2, 0) is 24.1 Å². The Balaban J connectivity index is 1.72. The first-order chi connectivity index (χ1) is 12.6. The van der Waals surface area contributed by atoms with Gasteiger partial charge in [-0.05, 0) is 49.6 Å². The second kappa shape index (κ2) is 7.32. The van der Waals surface area contributed by atoms with Gasteiger partial charge in [-0.1, -0.05) is 18.9 Å². The molecule has 0 saturated carbocycles. The lowest BCUT2D eigenvalue weighted by atomic mass is 9.98. The predicted molar refractivity (Wildman–Crippen MR) is 107 cm³/mol. The summed E-state index contributed by atoms with van der Waals surface area (Å²) in [6, 6.07) is 3.84. The minimum absolute atomic E-state index is 0.148. The summed E-state index contributed by atoms with van der Waals surface area (Å²) in [6.45, 7) is 1.77. The number of carbonyl (C=O) groups is 1. The number of amides is 1. The summed E-state index contributed by atoms with van der Waals surface area (Å²) in [5.74, 6) is 0.327. The van der Waals surface area contributed by atoms with Crippen LogP contribution in [0.3, 0.4) is 0 Å². The molecular weight excluding hydrogens is 366 g/mol. The molecule has 1 amide bonds. The van der Waals surface area contributed by atoms with Gasteiger partial charge in [-0.3, -0.25) is 15.0 Å². The highest BCUT2D eigenvalue weighted by atomic mass is 32.1. The van der Waals surface area contributed by atoms with Gasteiger partial charge in [0.05, 0.1) is 11.8 Å². The fraction of sp³-hybridized carbons (Fsp3) is 0.421. The smallest absolute Gasteiger partial charge is 0.273 e. The van der Waals surface area contributed by atoms with Crippen LogP contribution in [-0.4, -0.2) is 15.6 Å². The lowest BCUT2D eigenvalue weighted by Crippen LogP contribution is -2.36. The van der Waals surface area contributed by atoms with Crippen molar-refractivity contribution in [1.29, 1.82) is 0 Å². The van der Waals surface area contributed by atoms with Crippen LogP contribution in [0.25, 0.3) is 10.2 Å². The van der Waals surface area contributed by atoms with E-state index in [0.29, 0.717) is 11.2 Å². The van der Waals surface area contributed by atoms with Gasteiger partial charge in [-0.2, -0.15) is 0 Å². The number of nitrogens with zero attached hydrogens (tertiary/aromatic N) is 2. The average molecular weight is 388 g/mol. The molecule has 26 heavy (non-hydrogen) atoms. The second-order valence-electron chi connectivity index (χ2n) is 6.69. The second-order valence-corrected chi connectivity index (χ2v) is 8.80. The average Bonchev–Trinajstić information content (AvgIpc) is 3.19. The van der Waals surface area contributed by atoms with E-state index in [-0.39, 0.29) is 17.9 Å². The molecule has 1 aliphatic rings. The first-order valence-electron chi connectivity index (χ1n) is 8.99. The fourth-order valence-electron chi connectivity index (χ4n) is 3.53. The van der Waals surface area contributed by atoms with Gasteiger partial charge in [0.1, 0.15) is 10.7 Å². The molecule has 7 heteroatoms. The van der Waals surface area contributed by atoms with E-state index in [9.17, 15) is 9.59 Å². The fourth-order valence-corrected chi connectivity index (χ4v) is 5.53. The molecule has 0 aliphatic heterocycles. The molecule has 3 heterocycles. The van der Waals surface area contributed by atoms with Crippen LogP contribution >= 0.6 is 22.7 Å². The van der Waals surface area contributed by atoms with Gasteiger partial charge in [0, 0.05) is 9.75 Å². The summed E-state index contributed by atoms with van der Waals surface area (Å²) in [6.07, 6.45) is 6.97. The summed E-state index contributed by atoms with van der Waals surface area (Å²) in [5.41, 5.74) is 3.76. The summed E-state index contributed by atoms with van der Waals surface area (Å²) in [4.78, 5) is 33.2. The van der Waals surface area contributed by atoms with Gasteiger partial charge in [0.25, 0.3) is 5.56 Å². The Morgan fingerprint density at radius 1 is 1.27 bits per heavy atom. The Hall–Kier alpha value is -1.99. The maximum Gasteiger partial charge on any atom is 0.281 e. The Morgan fingerprint density at radius 2 is 2.08 bits per heavy atom. The number of nitrogens with one attached hydrogen (secondary N) is 1. The van der Waals surface area contributed by atoms with Crippen molar-refractivity contribution in [3.8, 4) is 0 Å². The van der Waals surface area contributed by atoms with Gasteiger partial charge in [-0.15, -0.1) is 22.7 Å². The quantitative estimate of drug-likeness (QED) is 0.743. The Labute approximate surface area is 159 Å². The molecule has 0 unspecified atom stereocenters. The number of aromatic nitrogens is 2. The van der Waals surface area contributed by atoms with E-state index in [1.54, 1.807) is 18.3 Å². The van der Waals surface area contributed by atoms with Crippen LogP contribution < -0.4 is 11.0 Å². The van der Waals surface area contributed by atoms with Crippen molar-refractivity contribution in [2.45, 2.75) is 51.9 Å². The first kappa shape index (κ1) is 17.4. The molecule has 3 aromatic rings. The standard InChI is InChI=1S/C19H21N3O2S2/c1-12-20-18-17(14-8-4-2-3-5-9-15(14)26-18)19(24)22(12)21-16(23)11-13-7-6-10-25-13/h6-7,10H,2-5,8-9,11H2,1H3,(H,21,23). The summed E-state index contributed by atoms with van der Waals surface area (Å²) in [7, 11) is 0. The normalized spacial score (nSPS) is 14.7. The van der Waals surface area contributed by atoms with Crippen LogP contribution in [0.2, 0.25) is 0 Å². The molecule has 0 atom stereocenters. The van der Waals surface area contributed by atoms with Crippen molar-refractivity contribution in [2.24, 2.45) is 0 Å². The number of hydrogen-bond donors (Lipinski definition) is 1. The molecule has 0 saturated heterocycles. The SMILES string of the molecule is Cc1nc2sc3c(c2c(=O)n1NC(=O)Cc1cccs1)CCCCCC3. The van der Waals surface area contributed by atoms with E-state index < -0.39 is 0 Å². The highest BCUT2D eigenvalue weighted by Crippen LogP contribution is 2.32. The number of hydrogen-bond acceptors (Lipinski definition) is 5. The van der Waals surface area contributed by atoms with Crippen molar-refractivity contribution in [2.75, 3.05) is 5.43 Å². The number of fused-ring (bicyclic) bond motifs is 3. The maximum atomic E-state index is 13.1. The topological polar surface area (TPSA) is 64.0 Å². The zero-order chi connectivity index (χ0) is 18.1. The highest BCUT2D eigenvalue weighted by molar-refractivity contribution is 7.18. The van der Waals surface area contributed by atoms with Crippen LogP contribution in [0.15, 0.2) is 22.3 Å². The third-order valence-electron chi connectivity index (χ3n) is 4.81. The van der Waals surface area contributed by atoms with Gasteiger partial charge in [-0.25, -0.2) is 9.66 Å². The van der Waals surface area contributed by atoms with Gasteiger partial charge in [0.15, 0.2) is 0 Å². The molecule has 0 radical (unpaired) electrons. The lowest BCUT2D eigenvalue weighted by Gasteiger charge is -2.12. The van der Waals surface area contributed by atoms with E-state index in [2.05, 4.69) is 10.4 Å². The molecule has 5 nitrogen and oxygen atoms in total.